The van der Waals surface area contributed by atoms with Crippen LogP contribution in [0.1, 0.15) is 55.1 Å². The Morgan fingerprint density at radius 1 is 1.14 bits per heavy atom. The van der Waals surface area contributed by atoms with Gasteiger partial charge in [0.2, 0.25) is 10.0 Å². The molecule has 1 N–H and O–H groups in total. The predicted octanol–water partition coefficient (Wildman–Crippen LogP) is 4.03. The zero-order valence-corrected chi connectivity index (χ0v) is 17.2. The molecule has 0 saturated heterocycles. The van der Waals surface area contributed by atoms with Gasteiger partial charge in [0, 0.05) is 12.2 Å². The molecule has 28 heavy (non-hydrogen) atoms. The van der Waals surface area contributed by atoms with Crippen molar-refractivity contribution >= 4 is 21.2 Å². The van der Waals surface area contributed by atoms with Crippen LogP contribution in [0.4, 0.5) is 0 Å². The normalized spacial score (nSPS) is 15.9. The number of benzene rings is 1. The lowest BCUT2D eigenvalue weighted by atomic mass is 9.95. The molecule has 1 aromatic carbocycles. The molecule has 0 amide bonds. The van der Waals surface area contributed by atoms with E-state index in [1.165, 1.54) is 19.3 Å². The molecular formula is C21H26N4O2S. The Morgan fingerprint density at radius 3 is 2.68 bits per heavy atom. The largest absolute Gasteiger partial charge is 0.308 e. The highest BCUT2D eigenvalue weighted by molar-refractivity contribution is 7.89. The van der Waals surface area contributed by atoms with Gasteiger partial charge in [0.25, 0.3) is 0 Å². The number of nitrogens with zero attached hydrogens (tertiary/aromatic N) is 3. The van der Waals surface area contributed by atoms with E-state index in [2.05, 4.69) is 14.3 Å². The average molecular weight is 399 g/mol. The maximum Gasteiger partial charge on any atom is 0.241 e. The molecule has 1 saturated carbocycles. The van der Waals surface area contributed by atoms with Gasteiger partial charge in [0.1, 0.15) is 11.3 Å². The molecule has 1 aliphatic carbocycles. The van der Waals surface area contributed by atoms with Gasteiger partial charge in [-0.25, -0.2) is 23.1 Å². The van der Waals surface area contributed by atoms with Crippen LogP contribution in [0.2, 0.25) is 0 Å². The third kappa shape index (κ3) is 3.69. The Hall–Kier alpha value is -2.25. The van der Waals surface area contributed by atoms with Crippen LogP contribution in [-0.2, 0) is 16.6 Å². The number of imidazole rings is 1. The molecule has 2 aromatic heterocycles. The molecule has 0 atom stereocenters. The number of aryl methyl sites for hydroxylation is 2. The third-order valence-electron chi connectivity index (χ3n) is 5.50. The Balaban J connectivity index is 1.66. The smallest absolute Gasteiger partial charge is 0.241 e. The number of fused-ring (bicyclic) bond motifs is 1. The fourth-order valence-electron chi connectivity index (χ4n) is 4.16. The van der Waals surface area contributed by atoms with E-state index in [1.54, 1.807) is 12.3 Å². The van der Waals surface area contributed by atoms with E-state index < -0.39 is 10.0 Å². The first-order chi connectivity index (χ1) is 13.5. The molecule has 1 aliphatic rings. The number of sulfonamides is 1. The molecular weight excluding hydrogens is 372 g/mol. The zero-order chi connectivity index (χ0) is 19.7. The van der Waals surface area contributed by atoms with E-state index in [0.29, 0.717) is 10.9 Å². The second-order valence-corrected chi connectivity index (χ2v) is 9.36. The minimum Gasteiger partial charge on any atom is -0.308 e. The molecule has 3 aromatic rings. The van der Waals surface area contributed by atoms with Crippen molar-refractivity contribution in [3.05, 3.63) is 53.5 Å². The van der Waals surface area contributed by atoms with E-state index in [1.807, 2.05) is 38.1 Å². The summed E-state index contributed by atoms with van der Waals surface area (Å²) in [6.45, 7) is 3.93. The minimum atomic E-state index is -3.61. The van der Waals surface area contributed by atoms with Crippen molar-refractivity contribution in [1.82, 2.24) is 19.3 Å². The van der Waals surface area contributed by atoms with Gasteiger partial charge in [0.05, 0.1) is 11.4 Å². The summed E-state index contributed by atoms with van der Waals surface area (Å²) in [7, 11) is -3.61. The average Bonchev–Trinajstić information content (AvgIpc) is 3.05. The highest BCUT2D eigenvalue weighted by Crippen LogP contribution is 2.32. The van der Waals surface area contributed by atoms with Crippen molar-refractivity contribution in [2.24, 2.45) is 0 Å². The summed E-state index contributed by atoms with van der Waals surface area (Å²) in [6, 6.07) is 9.50. The standard InChI is InChI=1S/C21H26N4O2S/c1-15-10-11-19(16(2)13-15)28(26,27)23-14-20-24-18-9-6-12-22-21(18)25(20)17-7-4-3-5-8-17/h6,9-13,17,23H,3-5,7-8,14H2,1-2H3. The number of nitrogens with one attached hydrogen (secondary N) is 1. The van der Waals surface area contributed by atoms with Gasteiger partial charge in [-0.15, -0.1) is 0 Å². The second kappa shape index (κ2) is 7.64. The molecule has 0 aliphatic heterocycles. The molecule has 0 unspecified atom stereocenters. The molecule has 4 rings (SSSR count). The van der Waals surface area contributed by atoms with Gasteiger partial charge >= 0.3 is 0 Å². The fraction of sp³-hybridized carbons (Fsp3) is 0.429. The summed E-state index contributed by atoms with van der Waals surface area (Å²) < 4.78 is 30.7. The Bertz CT molecular complexity index is 1100. The van der Waals surface area contributed by atoms with E-state index in [0.717, 1.165) is 41.0 Å². The van der Waals surface area contributed by atoms with Crippen molar-refractivity contribution in [3.8, 4) is 0 Å². The van der Waals surface area contributed by atoms with Gasteiger partial charge in [-0.05, 0) is 50.5 Å². The van der Waals surface area contributed by atoms with Crippen molar-refractivity contribution in [1.29, 1.82) is 0 Å². The van der Waals surface area contributed by atoms with Crippen LogP contribution in [0.15, 0.2) is 41.4 Å². The SMILES string of the molecule is Cc1ccc(S(=O)(=O)NCc2nc3cccnc3n2C2CCCCC2)c(C)c1. The third-order valence-corrected chi connectivity index (χ3v) is 7.06. The van der Waals surface area contributed by atoms with Crippen molar-refractivity contribution in [2.75, 3.05) is 0 Å². The predicted molar refractivity (Wildman–Crippen MR) is 110 cm³/mol. The van der Waals surface area contributed by atoms with E-state index in [4.69, 9.17) is 4.98 Å². The van der Waals surface area contributed by atoms with Gasteiger partial charge in [-0.3, -0.25) is 0 Å². The van der Waals surface area contributed by atoms with Crippen LogP contribution in [0, 0.1) is 13.8 Å². The molecule has 0 radical (unpaired) electrons. The monoisotopic (exact) mass is 398 g/mol. The van der Waals surface area contributed by atoms with E-state index in [9.17, 15) is 8.42 Å². The Kier molecular flexibility index (Phi) is 5.21. The van der Waals surface area contributed by atoms with E-state index in [-0.39, 0.29) is 6.54 Å². The topological polar surface area (TPSA) is 76.9 Å². The Morgan fingerprint density at radius 2 is 1.93 bits per heavy atom. The van der Waals surface area contributed by atoms with Crippen molar-refractivity contribution in [2.45, 2.75) is 63.4 Å². The van der Waals surface area contributed by atoms with Crippen LogP contribution >= 0.6 is 0 Å². The van der Waals surface area contributed by atoms with Crippen molar-refractivity contribution < 1.29 is 8.42 Å². The van der Waals surface area contributed by atoms with Crippen LogP contribution in [0.3, 0.4) is 0 Å². The fourth-order valence-corrected chi connectivity index (χ4v) is 5.37. The van der Waals surface area contributed by atoms with Gasteiger partial charge in [0.15, 0.2) is 5.65 Å². The molecule has 7 heteroatoms. The van der Waals surface area contributed by atoms with Gasteiger partial charge in [-0.2, -0.15) is 0 Å². The molecule has 0 spiro atoms. The summed E-state index contributed by atoms with van der Waals surface area (Å²) in [5, 5.41) is 0. The molecule has 0 bridgehead atoms. The maximum atomic E-state index is 12.9. The number of hydrogen-bond donors (Lipinski definition) is 1. The lowest BCUT2D eigenvalue weighted by Crippen LogP contribution is -2.27. The zero-order valence-electron chi connectivity index (χ0n) is 16.4. The molecule has 1 fully saturated rings. The van der Waals surface area contributed by atoms with Crippen LogP contribution < -0.4 is 4.72 Å². The summed E-state index contributed by atoms with van der Waals surface area (Å²) >= 11 is 0. The van der Waals surface area contributed by atoms with Gasteiger partial charge in [-0.1, -0.05) is 37.0 Å². The summed E-state index contributed by atoms with van der Waals surface area (Å²) in [5.74, 6) is 0.730. The number of aromatic nitrogens is 3. The summed E-state index contributed by atoms with van der Waals surface area (Å²) in [5.41, 5.74) is 3.44. The maximum absolute atomic E-state index is 12.9. The summed E-state index contributed by atoms with van der Waals surface area (Å²) in [6.07, 6.45) is 7.56. The first-order valence-electron chi connectivity index (χ1n) is 9.84. The second-order valence-electron chi connectivity index (χ2n) is 7.63. The van der Waals surface area contributed by atoms with Crippen LogP contribution in [0.25, 0.3) is 11.2 Å². The quantitative estimate of drug-likeness (QED) is 0.704. The highest BCUT2D eigenvalue weighted by atomic mass is 32.2. The van der Waals surface area contributed by atoms with Crippen molar-refractivity contribution in [3.63, 3.8) is 0 Å². The molecule has 2 heterocycles. The number of rotatable bonds is 5. The first-order valence-corrected chi connectivity index (χ1v) is 11.3. The lowest BCUT2D eigenvalue weighted by molar-refractivity contribution is 0.350. The van der Waals surface area contributed by atoms with Crippen LogP contribution in [-0.4, -0.2) is 23.0 Å². The van der Waals surface area contributed by atoms with Crippen LogP contribution in [0.5, 0.6) is 0 Å². The van der Waals surface area contributed by atoms with E-state index >= 15 is 0 Å². The highest BCUT2D eigenvalue weighted by Gasteiger charge is 2.24. The Labute approximate surface area is 166 Å². The summed E-state index contributed by atoms with van der Waals surface area (Å²) in [4.78, 5) is 9.54. The molecule has 148 valence electrons. The molecule has 6 nitrogen and oxygen atoms in total. The number of hydrogen-bond acceptors (Lipinski definition) is 4. The van der Waals surface area contributed by atoms with Gasteiger partial charge < -0.3 is 4.57 Å². The minimum absolute atomic E-state index is 0.155. The lowest BCUT2D eigenvalue weighted by Gasteiger charge is -2.25. The first kappa shape index (κ1) is 19.1. The number of pyridine rings is 1.